The number of hydrogen-bond acceptors (Lipinski definition) is 8. The Hall–Kier alpha value is -4.45. The summed E-state index contributed by atoms with van der Waals surface area (Å²) < 4.78 is 56.1. The minimum absolute atomic E-state index is 0.0160. The third-order valence-electron chi connectivity index (χ3n) is 10.5. The standard InChI is InChI=1S/C37H39F3N6O3/c1-36(2,3)49-35(47)46-24-12-13-25(46)20-44(19-24)33-28-17-41-30(27-11-6-9-22-8-4-5-10-26(22)27)29(38)31(28)42-34(43-33)48-21-37-14-7-15-45(37)18-23(16-37)32(39)40/h4-6,8-11,17,24-25H,7,12-16,18-21H2,1-3H3. The van der Waals surface area contributed by atoms with Gasteiger partial charge >= 0.3 is 12.1 Å². The fraction of sp³-hybridized carbons (Fsp3) is 0.459. The van der Waals surface area contributed by atoms with Gasteiger partial charge in [0, 0.05) is 37.0 Å². The number of amides is 1. The molecule has 2 bridgehead atoms. The van der Waals surface area contributed by atoms with E-state index in [2.05, 4.69) is 19.8 Å². The van der Waals surface area contributed by atoms with Crippen LogP contribution in [0.3, 0.4) is 0 Å². The van der Waals surface area contributed by atoms with Gasteiger partial charge in [0.1, 0.15) is 29.2 Å². The van der Waals surface area contributed by atoms with E-state index in [9.17, 15) is 13.6 Å². The van der Waals surface area contributed by atoms with E-state index in [-0.39, 0.29) is 60.5 Å². The van der Waals surface area contributed by atoms with Crippen LogP contribution in [0, 0.1) is 5.82 Å². The van der Waals surface area contributed by atoms with E-state index >= 15 is 4.39 Å². The largest absolute Gasteiger partial charge is 0.461 e. The summed E-state index contributed by atoms with van der Waals surface area (Å²) in [4.78, 5) is 33.2. The lowest BCUT2D eigenvalue weighted by Crippen LogP contribution is -2.57. The molecule has 4 fully saturated rings. The number of hydrogen-bond donors (Lipinski definition) is 0. The van der Waals surface area contributed by atoms with E-state index < -0.39 is 23.0 Å². The molecule has 2 aromatic heterocycles. The van der Waals surface area contributed by atoms with Gasteiger partial charge in [-0.3, -0.25) is 14.8 Å². The Morgan fingerprint density at radius 2 is 1.78 bits per heavy atom. The first-order chi connectivity index (χ1) is 23.5. The highest BCUT2D eigenvalue weighted by Gasteiger charge is 2.49. The molecule has 2 aromatic carbocycles. The zero-order valence-corrected chi connectivity index (χ0v) is 27.9. The van der Waals surface area contributed by atoms with Crippen LogP contribution in [0.4, 0.5) is 23.8 Å². The minimum atomic E-state index is -1.63. The first kappa shape index (κ1) is 31.8. The van der Waals surface area contributed by atoms with Gasteiger partial charge in [-0.2, -0.15) is 18.7 Å². The molecule has 49 heavy (non-hydrogen) atoms. The predicted octanol–water partition coefficient (Wildman–Crippen LogP) is 7.34. The Morgan fingerprint density at radius 3 is 2.53 bits per heavy atom. The van der Waals surface area contributed by atoms with Crippen LogP contribution >= 0.6 is 0 Å². The smallest absolute Gasteiger partial charge is 0.410 e. The van der Waals surface area contributed by atoms with Crippen molar-refractivity contribution in [3.8, 4) is 17.3 Å². The lowest BCUT2D eigenvalue weighted by Gasteiger charge is -2.42. The SMILES string of the molecule is CC(C)(C)OC(=O)N1C2CCC1CN(c1nc(OCC34CCCN3CC(=C(F)F)C4)nc3c(F)c(-c4cccc5ccccc45)ncc13)C2. The zero-order chi connectivity index (χ0) is 34.1. The molecule has 4 aromatic rings. The number of carbonyl (C=O) groups excluding carboxylic acids is 1. The number of rotatable bonds is 5. The summed E-state index contributed by atoms with van der Waals surface area (Å²) in [6, 6.07) is 13.2. The average molecular weight is 673 g/mol. The first-order valence-electron chi connectivity index (χ1n) is 17.0. The van der Waals surface area contributed by atoms with Crippen molar-refractivity contribution in [1.29, 1.82) is 0 Å². The van der Waals surface area contributed by atoms with Crippen molar-refractivity contribution in [2.24, 2.45) is 0 Å². The van der Waals surface area contributed by atoms with Crippen LogP contribution in [0.15, 0.2) is 60.3 Å². The van der Waals surface area contributed by atoms with Crippen molar-refractivity contribution in [3.05, 3.63) is 66.1 Å². The normalized spacial score (nSPS) is 23.8. The van der Waals surface area contributed by atoms with Crippen molar-refractivity contribution in [2.75, 3.05) is 37.7 Å². The van der Waals surface area contributed by atoms with Gasteiger partial charge in [0.2, 0.25) is 0 Å². The summed E-state index contributed by atoms with van der Waals surface area (Å²) in [5.74, 6) is -0.122. The molecule has 0 radical (unpaired) electrons. The van der Waals surface area contributed by atoms with E-state index in [1.165, 1.54) is 0 Å². The van der Waals surface area contributed by atoms with E-state index in [1.807, 2.05) is 68.1 Å². The highest BCUT2D eigenvalue weighted by atomic mass is 19.3. The lowest BCUT2D eigenvalue weighted by atomic mass is 9.94. The molecule has 3 atom stereocenters. The molecule has 256 valence electrons. The fourth-order valence-corrected chi connectivity index (χ4v) is 8.30. The number of anilines is 1. The van der Waals surface area contributed by atoms with E-state index in [0.29, 0.717) is 42.8 Å². The second-order valence-electron chi connectivity index (χ2n) is 14.8. The van der Waals surface area contributed by atoms with Crippen LogP contribution in [0.25, 0.3) is 32.9 Å². The first-order valence-corrected chi connectivity index (χ1v) is 17.0. The lowest BCUT2D eigenvalue weighted by molar-refractivity contribution is 0.0122. The zero-order valence-electron chi connectivity index (χ0n) is 27.9. The van der Waals surface area contributed by atoms with Gasteiger partial charge in [-0.15, -0.1) is 0 Å². The number of halogens is 3. The highest BCUT2D eigenvalue weighted by molar-refractivity contribution is 5.99. The fourth-order valence-electron chi connectivity index (χ4n) is 8.30. The predicted molar refractivity (Wildman–Crippen MR) is 180 cm³/mol. The Balaban J connectivity index is 1.19. The molecule has 1 amide bonds. The van der Waals surface area contributed by atoms with Crippen LogP contribution < -0.4 is 9.64 Å². The van der Waals surface area contributed by atoms with Crippen LogP contribution in [-0.4, -0.2) is 86.9 Å². The second-order valence-corrected chi connectivity index (χ2v) is 14.8. The molecular weight excluding hydrogens is 633 g/mol. The van der Waals surface area contributed by atoms with Crippen molar-refractivity contribution < 1.29 is 27.4 Å². The maximum atomic E-state index is 16.8. The van der Waals surface area contributed by atoms with Gasteiger partial charge in [-0.05, 0) is 70.2 Å². The van der Waals surface area contributed by atoms with Gasteiger partial charge < -0.3 is 14.4 Å². The topological polar surface area (TPSA) is 83.9 Å². The number of pyridine rings is 1. The Labute approximate surface area is 282 Å². The third kappa shape index (κ3) is 5.63. The number of piperazine rings is 1. The number of aromatic nitrogens is 3. The van der Waals surface area contributed by atoms with E-state index in [1.54, 1.807) is 6.20 Å². The van der Waals surface area contributed by atoms with Crippen LogP contribution in [-0.2, 0) is 4.74 Å². The van der Waals surface area contributed by atoms with Crippen LogP contribution in [0.2, 0.25) is 0 Å². The monoisotopic (exact) mass is 672 g/mol. The number of ether oxygens (including phenoxy) is 2. The Morgan fingerprint density at radius 1 is 1.02 bits per heavy atom. The maximum Gasteiger partial charge on any atom is 0.410 e. The summed E-state index contributed by atoms with van der Waals surface area (Å²) in [7, 11) is 0. The number of carbonyl (C=O) groups is 1. The van der Waals surface area contributed by atoms with Crippen molar-refractivity contribution in [3.63, 3.8) is 0 Å². The molecule has 9 nitrogen and oxygen atoms in total. The molecule has 6 heterocycles. The quantitative estimate of drug-likeness (QED) is 0.218. The second kappa shape index (κ2) is 11.9. The van der Waals surface area contributed by atoms with Gasteiger partial charge in [0.15, 0.2) is 5.82 Å². The van der Waals surface area contributed by atoms with Crippen molar-refractivity contribution in [2.45, 2.75) is 76.1 Å². The molecule has 4 aliphatic heterocycles. The van der Waals surface area contributed by atoms with E-state index in [0.717, 1.165) is 30.0 Å². The Kier molecular flexibility index (Phi) is 7.69. The highest BCUT2D eigenvalue weighted by Crippen LogP contribution is 2.44. The summed E-state index contributed by atoms with van der Waals surface area (Å²) in [6.07, 6.45) is 3.08. The van der Waals surface area contributed by atoms with Crippen molar-refractivity contribution >= 4 is 33.6 Å². The molecule has 8 rings (SSSR count). The number of nitrogens with zero attached hydrogens (tertiary/aromatic N) is 6. The molecule has 0 saturated carbocycles. The molecular formula is C37H39F3N6O3. The van der Waals surface area contributed by atoms with Gasteiger partial charge in [0.25, 0.3) is 6.08 Å². The van der Waals surface area contributed by atoms with Gasteiger partial charge in [-0.1, -0.05) is 42.5 Å². The van der Waals surface area contributed by atoms with Gasteiger partial charge in [-0.25, -0.2) is 9.18 Å². The van der Waals surface area contributed by atoms with Crippen molar-refractivity contribution in [1.82, 2.24) is 24.8 Å². The molecule has 12 heteroatoms. The molecule has 3 unspecified atom stereocenters. The molecule has 0 aliphatic carbocycles. The molecule has 0 N–H and O–H groups in total. The Bertz CT molecular complexity index is 1980. The number of benzene rings is 2. The van der Waals surface area contributed by atoms with Crippen LogP contribution in [0.5, 0.6) is 6.01 Å². The molecule has 4 aliphatic rings. The average Bonchev–Trinajstić information content (AvgIpc) is 3.71. The summed E-state index contributed by atoms with van der Waals surface area (Å²) in [6.45, 7) is 7.53. The summed E-state index contributed by atoms with van der Waals surface area (Å²) in [5.41, 5.74) is -0.183. The van der Waals surface area contributed by atoms with Crippen LogP contribution in [0.1, 0.15) is 52.9 Å². The maximum absolute atomic E-state index is 16.8. The summed E-state index contributed by atoms with van der Waals surface area (Å²) in [5, 5.41) is 2.26. The van der Waals surface area contributed by atoms with E-state index in [4.69, 9.17) is 14.5 Å². The minimum Gasteiger partial charge on any atom is -0.461 e. The molecule has 4 saturated heterocycles. The summed E-state index contributed by atoms with van der Waals surface area (Å²) >= 11 is 0. The third-order valence-corrected chi connectivity index (χ3v) is 10.5. The number of fused-ring (bicyclic) bond motifs is 5. The van der Waals surface area contributed by atoms with Gasteiger partial charge in [0.05, 0.1) is 23.0 Å². The molecule has 0 spiro atoms.